The molecule has 0 aliphatic heterocycles. The summed E-state index contributed by atoms with van der Waals surface area (Å²) in [4.78, 5) is 4.39. The van der Waals surface area contributed by atoms with E-state index in [-0.39, 0.29) is 11.6 Å². The van der Waals surface area contributed by atoms with Gasteiger partial charge in [0.2, 0.25) is 0 Å². The summed E-state index contributed by atoms with van der Waals surface area (Å²) in [5.41, 5.74) is 0.820. The first kappa shape index (κ1) is 14.8. The molecule has 1 aliphatic carbocycles. The van der Waals surface area contributed by atoms with Crippen LogP contribution in [-0.2, 0) is 6.42 Å². The first-order valence-electron chi connectivity index (χ1n) is 7.53. The van der Waals surface area contributed by atoms with Crippen molar-refractivity contribution in [3.8, 4) is 0 Å². The van der Waals surface area contributed by atoms with Crippen LogP contribution in [0.5, 0.6) is 0 Å². The van der Waals surface area contributed by atoms with E-state index in [4.69, 9.17) is 11.6 Å². The molecule has 0 saturated heterocycles. The van der Waals surface area contributed by atoms with E-state index in [1.807, 2.05) is 4.57 Å². The number of nitrogens with zero attached hydrogens (tertiary/aromatic N) is 2. The Morgan fingerprint density at radius 2 is 2.05 bits per heavy atom. The lowest BCUT2D eigenvalue weighted by Crippen LogP contribution is -2.23. The van der Waals surface area contributed by atoms with Crippen molar-refractivity contribution in [1.29, 1.82) is 0 Å². The van der Waals surface area contributed by atoms with Gasteiger partial charge in [-0.05, 0) is 24.8 Å². The monoisotopic (exact) mass is 312 g/mol. The SMILES string of the molecule is CC1CCCCC1n1c(CCCl)nc2c(F)cc(F)cc21. The zero-order chi connectivity index (χ0) is 15.0. The number of hydrogen-bond donors (Lipinski definition) is 0. The molecule has 0 radical (unpaired) electrons. The summed E-state index contributed by atoms with van der Waals surface area (Å²) in [6.07, 6.45) is 5.10. The van der Waals surface area contributed by atoms with E-state index in [0.717, 1.165) is 31.2 Å². The number of imidazole rings is 1. The highest BCUT2D eigenvalue weighted by Crippen LogP contribution is 2.37. The van der Waals surface area contributed by atoms with E-state index < -0.39 is 11.6 Å². The third-order valence-electron chi connectivity index (χ3n) is 4.50. The minimum Gasteiger partial charge on any atom is -0.324 e. The molecule has 2 atom stereocenters. The van der Waals surface area contributed by atoms with E-state index in [1.54, 1.807) is 0 Å². The summed E-state index contributed by atoms with van der Waals surface area (Å²) in [5.74, 6) is 0.527. The van der Waals surface area contributed by atoms with Crippen LogP contribution in [0.15, 0.2) is 12.1 Å². The first-order chi connectivity index (χ1) is 10.1. The third-order valence-corrected chi connectivity index (χ3v) is 4.69. The molecular formula is C16H19ClF2N2. The van der Waals surface area contributed by atoms with Gasteiger partial charge < -0.3 is 4.57 Å². The normalized spacial score (nSPS) is 22.9. The second-order valence-corrected chi connectivity index (χ2v) is 6.30. The molecule has 3 rings (SSSR count). The molecule has 1 saturated carbocycles. The van der Waals surface area contributed by atoms with Crippen LogP contribution in [-0.4, -0.2) is 15.4 Å². The van der Waals surface area contributed by atoms with E-state index in [2.05, 4.69) is 11.9 Å². The van der Waals surface area contributed by atoms with Crippen LogP contribution in [0.25, 0.3) is 11.0 Å². The van der Waals surface area contributed by atoms with Gasteiger partial charge in [0, 0.05) is 24.4 Å². The van der Waals surface area contributed by atoms with Gasteiger partial charge >= 0.3 is 0 Å². The maximum absolute atomic E-state index is 14.0. The molecule has 1 heterocycles. The maximum Gasteiger partial charge on any atom is 0.153 e. The molecule has 114 valence electrons. The minimum absolute atomic E-state index is 0.253. The molecule has 2 aromatic rings. The fraction of sp³-hybridized carbons (Fsp3) is 0.562. The van der Waals surface area contributed by atoms with Gasteiger partial charge in [-0.3, -0.25) is 0 Å². The molecule has 1 fully saturated rings. The van der Waals surface area contributed by atoms with Crippen LogP contribution < -0.4 is 0 Å². The molecule has 1 aliphatic rings. The zero-order valence-corrected chi connectivity index (χ0v) is 12.8. The molecular weight excluding hydrogens is 294 g/mol. The molecule has 5 heteroatoms. The van der Waals surface area contributed by atoms with E-state index in [9.17, 15) is 8.78 Å². The number of hydrogen-bond acceptors (Lipinski definition) is 1. The average Bonchev–Trinajstić information content (AvgIpc) is 2.78. The van der Waals surface area contributed by atoms with Crippen molar-refractivity contribution >= 4 is 22.6 Å². The molecule has 1 aromatic heterocycles. The quantitative estimate of drug-likeness (QED) is 0.741. The molecule has 21 heavy (non-hydrogen) atoms. The van der Waals surface area contributed by atoms with Gasteiger partial charge in [-0.15, -0.1) is 11.6 Å². The van der Waals surface area contributed by atoms with Crippen LogP contribution in [0.2, 0.25) is 0 Å². The third kappa shape index (κ3) is 2.66. The Labute approximate surface area is 128 Å². The minimum atomic E-state index is -0.594. The predicted octanol–water partition coefficient (Wildman–Crippen LogP) is 4.85. The summed E-state index contributed by atoms with van der Waals surface area (Å²) >= 11 is 5.86. The summed E-state index contributed by atoms with van der Waals surface area (Å²) in [7, 11) is 0. The van der Waals surface area contributed by atoms with Crippen molar-refractivity contribution in [3.05, 3.63) is 29.6 Å². The molecule has 2 unspecified atom stereocenters. The number of aryl methyl sites for hydroxylation is 1. The van der Waals surface area contributed by atoms with Crippen molar-refractivity contribution in [2.45, 2.75) is 45.1 Å². The van der Waals surface area contributed by atoms with Gasteiger partial charge in [0.1, 0.15) is 17.2 Å². The van der Waals surface area contributed by atoms with E-state index in [1.165, 1.54) is 12.5 Å². The second kappa shape index (κ2) is 5.91. The van der Waals surface area contributed by atoms with Gasteiger partial charge in [0.15, 0.2) is 5.82 Å². The smallest absolute Gasteiger partial charge is 0.153 e. The molecule has 0 bridgehead atoms. The van der Waals surface area contributed by atoms with Gasteiger partial charge in [-0.2, -0.15) is 0 Å². The van der Waals surface area contributed by atoms with Gasteiger partial charge in [-0.1, -0.05) is 19.8 Å². The van der Waals surface area contributed by atoms with E-state index in [0.29, 0.717) is 23.7 Å². The van der Waals surface area contributed by atoms with Crippen LogP contribution in [0.4, 0.5) is 8.78 Å². The van der Waals surface area contributed by atoms with E-state index >= 15 is 0 Å². The zero-order valence-electron chi connectivity index (χ0n) is 12.1. The highest BCUT2D eigenvalue weighted by Gasteiger charge is 2.27. The van der Waals surface area contributed by atoms with Crippen LogP contribution >= 0.6 is 11.6 Å². The average molecular weight is 313 g/mol. The summed E-state index contributed by atoms with van der Waals surface area (Å²) < 4.78 is 29.7. The Balaban J connectivity index is 2.19. The Morgan fingerprint density at radius 3 is 2.76 bits per heavy atom. The number of halogens is 3. The lowest BCUT2D eigenvalue weighted by Gasteiger charge is -2.31. The number of rotatable bonds is 3. The highest BCUT2D eigenvalue weighted by atomic mass is 35.5. The topological polar surface area (TPSA) is 17.8 Å². The van der Waals surface area contributed by atoms with Crippen molar-refractivity contribution in [3.63, 3.8) is 0 Å². The number of benzene rings is 1. The number of fused-ring (bicyclic) bond motifs is 1. The standard InChI is InChI=1S/C16H19ClF2N2/c1-10-4-2-3-5-13(10)21-14-9-11(18)8-12(19)16(14)20-15(21)6-7-17/h8-10,13H,2-7H2,1H3. The first-order valence-corrected chi connectivity index (χ1v) is 8.07. The van der Waals surface area contributed by atoms with Crippen molar-refractivity contribution in [2.24, 2.45) is 5.92 Å². The second-order valence-electron chi connectivity index (χ2n) is 5.92. The Hall–Kier alpha value is -1.16. The molecule has 0 spiro atoms. The largest absolute Gasteiger partial charge is 0.324 e. The number of aromatic nitrogens is 2. The summed E-state index contributed by atoms with van der Waals surface area (Å²) in [6, 6.07) is 2.54. The summed E-state index contributed by atoms with van der Waals surface area (Å²) in [6.45, 7) is 2.20. The molecule has 0 amide bonds. The number of alkyl halides is 1. The molecule has 1 aromatic carbocycles. The van der Waals surface area contributed by atoms with Gasteiger partial charge in [0.25, 0.3) is 0 Å². The van der Waals surface area contributed by atoms with Crippen LogP contribution in [0, 0.1) is 17.6 Å². The van der Waals surface area contributed by atoms with Crippen molar-refractivity contribution < 1.29 is 8.78 Å². The predicted molar refractivity (Wildman–Crippen MR) is 80.7 cm³/mol. The highest BCUT2D eigenvalue weighted by molar-refractivity contribution is 6.17. The van der Waals surface area contributed by atoms with Crippen LogP contribution in [0.1, 0.15) is 44.5 Å². The fourth-order valence-electron chi connectivity index (χ4n) is 3.48. The lowest BCUT2D eigenvalue weighted by atomic mass is 9.85. The summed E-state index contributed by atoms with van der Waals surface area (Å²) in [5, 5.41) is 0. The molecule has 2 nitrogen and oxygen atoms in total. The van der Waals surface area contributed by atoms with Gasteiger partial charge in [0.05, 0.1) is 5.52 Å². The Kier molecular flexibility index (Phi) is 4.16. The van der Waals surface area contributed by atoms with Gasteiger partial charge in [-0.25, -0.2) is 13.8 Å². The fourth-order valence-corrected chi connectivity index (χ4v) is 3.65. The van der Waals surface area contributed by atoms with Crippen molar-refractivity contribution in [1.82, 2.24) is 9.55 Å². The molecule has 0 N–H and O–H groups in total. The van der Waals surface area contributed by atoms with Crippen LogP contribution in [0.3, 0.4) is 0 Å². The van der Waals surface area contributed by atoms with Crippen molar-refractivity contribution in [2.75, 3.05) is 5.88 Å². The Morgan fingerprint density at radius 1 is 1.29 bits per heavy atom. The maximum atomic E-state index is 14.0. The lowest BCUT2D eigenvalue weighted by molar-refractivity contribution is 0.257. The Bertz CT molecular complexity index is 653.